The van der Waals surface area contributed by atoms with E-state index in [0.29, 0.717) is 24.1 Å². The van der Waals surface area contributed by atoms with E-state index in [1.54, 1.807) is 24.3 Å². The fourth-order valence-corrected chi connectivity index (χ4v) is 2.77. The van der Waals surface area contributed by atoms with Crippen molar-refractivity contribution in [3.05, 3.63) is 29.8 Å². The fraction of sp³-hybridized carbons (Fsp3) is 0.526. The van der Waals surface area contributed by atoms with Crippen molar-refractivity contribution in [1.29, 1.82) is 5.26 Å². The van der Waals surface area contributed by atoms with Crippen molar-refractivity contribution in [3.8, 4) is 6.07 Å². The zero-order valence-electron chi connectivity index (χ0n) is 14.6. The number of anilines is 1. The molecule has 0 radical (unpaired) electrons. The molecule has 0 spiro atoms. The Kier molecular flexibility index (Phi) is 5.28. The van der Waals surface area contributed by atoms with Gasteiger partial charge < -0.3 is 10.6 Å². The van der Waals surface area contributed by atoms with Crippen LogP contribution < -0.4 is 10.6 Å². The maximum atomic E-state index is 12.5. The van der Waals surface area contributed by atoms with Crippen molar-refractivity contribution < 1.29 is 9.59 Å². The van der Waals surface area contributed by atoms with Gasteiger partial charge in [0, 0.05) is 16.7 Å². The summed E-state index contributed by atoms with van der Waals surface area (Å²) in [6, 6.07) is 9.10. The van der Waals surface area contributed by atoms with Crippen LogP contribution in [0.2, 0.25) is 0 Å². The van der Waals surface area contributed by atoms with Gasteiger partial charge in [-0.25, -0.2) is 0 Å². The standard InChI is InChI=1S/C19H25N3O2/c1-18(2,3)17(24)21-15-9-7-8-14(12-15)16(23)22-19(13-20)10-5-4-6-11-19/h7-9,12H,4-6,10-11H2,1-3H3,(H,21,24)(H,22,23). The van der Waals surface area contributed by atoms with E-state index in [-0.39, 0.29) is 11.8 Å². The molecule has 2 N–H and O–H groups in total. The van der Waals surface area contributed by atoms with Gasteiger partial charge in [-0.2, -0.15) is 5.26 Å². The third-order valence-electron chi connectivity index (χ3n) is 4.34. The molecule has 1 fully saturated rings. The predicted molar refractivity (Wildman–Crippen MR) is 93.4 cm³/mol. The molecule has 1 aromatic rings. The number of nitriles is 1. The molecule has 0 heterocycles. The molecule has 1 aromatic carbocycles. The van der Waals surface area contributed by atoms with Crippen LogP contribution in [-0.4, -0.2) is 17.4 Å². The Labute approximate surface area is 143 Å². The molecule has 0 aliphatic heterocycles. The number of hydrogen-bond donors (Lipinski definition) is 2. The number of carbonyl (C=O) groups is 2. The van der Waals surface area contributed by atoms with Gasteiger partial charge in [-0.3, -0.25) is 9.59 Å². The topological polar surface area (TPSA) is 82.0 Å². The van der Waals surface area contributed by atoms with E-state index >= 15 is 0 Å². The molecule has 2 amide bonds. The van der Waals surface area contributed by atoms with Crippen LogP contribution in [-0.2, 0) is 4.79 Å². The van der Waals surface area contributed by atoms with E-state index in [4.69, 9.17) is 0 Å². The SMILES string of the molecule is CC(C)(C)C(=O)Nc1cccc(C(=O)NC2(C#N)CCCCC2)c1. The summed E-state index contributed by atoms with van der Waals surface area (Å²) in [5.74, 6) is -0.383. The zero-order valence-corrected chi connectivity index (χ0v) is 14.6. The maximum absolute atomic E-state index is 12.5. The summed E-state index contributed by atoms with van der Waals surface area (Å²) >= 11 is 0. The van der Waals surface area contributed by atoms with Crippen molar-refractivity contribution in [2.45, 2.75) is 58.4 Å². The van der Waals surface area contributed by atoms with Crippen LogP contribution in [0.4, 0.5) is 5.69 Å². The molecule has 5 heteroatoms. The molecule has 2 rings (SSSR count). The Morgan fingerprint density at radius 1 is 1.17 bits per heavy atom. The molecule has 5 nitrogen and oxygen atoms in total. The Balaban J connectivity index is 2.12. The zero-order chi connectivity index (χ0) is 17.8. The maximum Gasteiger partial charge on any atom is 0.252 e. The lowest BCUT2D eigenvalue weighted by molar-refractivity contribution is -0.123. The van der Waals surface area contributed by atoms with Gasteiger partial charge in [-0.1, -0.05) is 46.1 Å². The largest absolute Gasteiger partial charge is 0.334 e. The van der Waals surface area contributed by atoms with Crippen molar-refractivity contribution in [3.63, 3.8) is 0 Å². The van der Waals surface area contributed by atoms with Gasteiger partial charge in [0.05, 0.1) is 6.07 Å². The van der Waals surface area contributed by atoms with Gasteiger partial charge >= 0.3 is 0 Å². The van der Waals surface area contributed by atoms with Gasteiger partial charge in [0.15, 0.2) is 0 Å². The Hall–Kier alpha value is -2.35. The van der Waals surface area contributed by atoms with Gasteiger partial charge in [0.2, 0.25) is 5.91 Å². The van der Waals surface area contributed by atoms with E-state index < -0.39 is 11.0 Å². The molecule has 24 heavy (non-hydrogen) atoms. The van der Waals surface area contributed by atoms with Gasteiger partial charge in [-0.05, 0) is 31.0 Å². The van der Waals surface area contributed by atoms with Crippen LogP contribution in [0.25, 0.3) is 0 Å². The second-order valence-corrected chi connectivity index (χ2v) is 7.49. The number of nitrogens with one attached hydrogen (secondary N) is 2. The molecule has 1 aliphatic rings. The average molecular weight is 327 g/mol. The predicted octanol–water partition coefficient (Wildman–Crippen LogP) is 3.63. The summed E-state index contributed by atoms with van der Waals surface area (Å²) < 4.78 is 0. The molecular weight excluding hydrogens is 302 g/mol. The minimum Gasteiger partial charge on any atom is -0.334 e. The third-order valence-corrected chi connectivity index (χ3v) is 4.34. The Morgan fingerprint density at radius 2 is 1.83 bits per heavy atom. The summed E-state index contributed by atoms with van der Waals surface area (Å²) in [6.45, 7) is 5.50. The number of carbonyl (C=O) groups excluding carboxylic acids is 2. The highest BCUT2D eigenvalue weighted by Gasteiger charge is 2.33. The van der Waals surface area contributed by atoms with Crippen molar-refractivity contribution in [2.75, 3.05) is 5.32 Å². The first-order chi connectivity index (χ1) is 11.3. The molecule has 1 saturated carbocycles. The van der Waals surface area contributed by atoms with Crippen LogP contribution in [0.3, 0.4) is 0 Å². The lowest BCUT2D eigenvalue weighted by Gasteiger charge is -2.31. The highest BCUT2D eigenvalue weighted by molar-refractivity contribution is 5.98. The van der Waals surface area contributed by atoms with Crippen LogP contribution in [0, 0.1) is 16.7 Å². The fourth-order valence-electron chi connectivity index (χ4n) is 2.77. The first kappa shape index (κ1) is 18.0. The third kappa shape index (κ3) is 4.35. The summed E-state index contributed by atoms with van der Waals surface area (Å²) in [6.07, 6.45) is 4.39. The number of nitrogens with zero attached hydrogens (tertiary/aromatic N) is 1. The molecule has 128 valence electrons. The van der Waals surface area contributed by atoms with E-state index in [1.807, 2.05) is 20.8 Å². The van der Waals surface area contributed by atoms with E-state index in [1.165, 1.54) is 0 Å². The quantitative estimate of drug-likeness (QED) is 0.889. The molecule has 0 saturated heterocycles. The van der Waals surface area contributed by atoms with Crippen LogP contribution in [0.1, 0.15) is 63.2 Å². The lowest BCUT2D eigenvalue weighted by atomic mass is 9.82. The summed E-state index contributed by atoms with van der Waals surface area (Å²) in [4.78, 5) is 24.6. The smallest absolute Gasteiger partial charge is 0.252 e. The van der Waals surface area contributed by atoms with Crippen molar-refractivity contribution in [1.82, 2.24) is 5.32 Å². The normalized spacial score (nSPS) is 16.8. The van der Waals surface area contributed by atoms with Crippen LogP contribution in [0.15, 0.2) is 24.3 Å². The first-order valence-corrected chi connectivity index (χ1v) is 8.41. The number of rotatable bonds is 3. The summed E-state index contributed by atoms with van der Waals surface area (Å²) in [5, 5.41) is 15.2. The van der Waals surface area contributed by atoms with Crippen LogP contribution in [0.5, 0.6) is 0 Å². The second kappa shape index (κ2) is 7.04. The van der Waals surface area contributed by atoms with Gasteiger partial charge in [0.1, 0.15) is 5.54 Å². The minimum absolute atomic E-state index is 0.110. The summed E-state index contributed by atoms with van der Waals surface area (Å²) in [7, 11) is 0. The number of amides is 2. The van der Waals surface area contributed by atoms with Crippen molar-refractivity contribution in [2.24, 2.45) is 5.41 Å². The van der Waals surface area contributed by atoms with Crippen molar-refractivity contribution >= 4 is 17.5 Å². The number of benzene rings is 1. The Morgan fingerprint density at radius 3 is 2.42 bits per heavy atom. The lowest BCUT2D eigenvalue weighted by Crippen LogP contribution is -2.48. The van der Waals surface area contributed by atoms with Gasteiger partial charge in [-0.15, -0.1) is 0 Å². The Bertz CT molecular complexity index is 662. The first-order valence-electron chi connectivity index (χ1n) is 8.41. The number of hydrogen-bond acceptors (Lipinski definition) is 3. The molecule has 0 unspecified atom stereocenters. The molecule has 0 atom stereocenters. The highest BCUT2D eigenvalue weighted by atomic mass is 16.2. The highest BCUT2D eigenvalue weighted by Crippen LogP contribution is 2.28. The average Bonchev–Trinajstić information content (AvgIpc) is 2.55. The molecular formula is C19H25N3O2. The van der Waals surface area contributed by atoms with Crippen LogP contribution >= 0.6 is 0 Å². The summed E-state index contributed by atoms with van der Waals surface area (Å²) in [5.41, 5.74) is -0.246. The van der Waals surface area contributed by atoms with E-state index in [2.05, 4.69) is 16.7 Å². The molecule has 1 aliphatic carbocycles. The second-order valence-electron chi connectivity index (χ2n) is 7.49. The van der Waals surface area contributed by atoms with E-state index in [9.17, 15) is 14.9 Å². The monoisotopic (exact) mass is 327 g/mol. The molecule has 0 aromatic heterocycles. The van der Waals surface area contributed by atoms with Gasteiger partial charge in [0.25, 0.3) is 5.91 Å². The van der Waals surface area contributed by atoms with E-state index in [0.717, 1.165) is 19.3 Å². The minimum atomic E-state index is -0.764. The molecule has 0 bridgehead atoms.